The van der Waals surface area contributed by atoms with Gasteiger partial charge < -0.3 is 5.73 Å². The third-order valence-electron chi connectivity index (χ3n) is 2.65. The molecule has 2 N–H and O–H groups in total. The van der Waals surface area contributed by atoms with Gasteiger partial charge in [0, 0.05) is 15.7 Å². The van der Waals surface area contributed by atoms with Gasteiger partial charge in [-0.1, -0.05) is 33.6 Å². The molecule has 0 aliphatic rings. The standard InChI is InChI=1S/C13H10BrClFNO2S/c14-9-2-1-8(12(16)5-9)7-20(18,19)13-4-3-10(17)6-11(13)15/h1-6H,7,17H2. The van der Waals surface area contributed by atoms with Crippen molar-refractivity contribution in [3.05, 3.63) is 57.3 Å². The fraction of sp³-hybridized carbons (Fsp3) is 0.0769. The number of anilines is 1. The number of benzene rings is 2. The van der Waals surface area contributed by atoms with E-state index in [0.29, 0.717) is 10.2 Å². The third-order valence-corrected chi connectivity index (χ3v) is 5.29. The van der Waals surface area contributed by atoms with Crippen LogP contribution in [0.3, 0.4) is 0 Å². The predicted molar refractivity (Wildman–Crippen MR) is 80.9 cm³/mol. The van der Waals surface area contributed by atoms with Crippen LogP contribution in [0.25, 0.3) is 0 Å². The van der Waals surface area contributed by atoms with Crippen LogP contribution in [-0.4, -0.2) is 8.42 Å². The first-order valence-corrected chi connectivity index (χ1v) is 8.33. The molecule has 0 unspecified atom stereocenters. The summed E-state index contributed by atoms with van der Waals surface area (Å²) in [6.45, 7) is 0. The normalized spacial score (nSPS) is 11.6. The van der Waals surface area contributed by atoms with Crippen LogP contribution in [0.2, 0.25) is 5.02 Å². The van der Waals surface area contributed by atoms with E-state index in [1.165, 1.54) is 30.3 Å². The van der Waals surface area contributed by atoms with E-state index in [0.717, 1.165) is 0 Å². The summed E-state index contributed by atoms with van der Waals surface area (Å²) in [5.41, 5.74) is 5.97. The summed E-state index contributed by atoms with van der Waals surface area (Å²) in [5.74, 6) is -1.05. The van der Waals surface area contributed by atoms with E-state index in [1.54, 1.807) is 6.07 Å². The molecule has 0 saturated carbocycles. The average Bonchev–Trinajstić information content (AvgIpc) is 2.32. The minimum atomic E-state index is -3.74. The number of hydrogen-bond acceptors (Lipinski definition) is 3. The number of nitrogen functional groups attached to an aromatic ring is 1. The molecule has 0 aliphatic carbocycles. The van der Waals surface area contributed by atoms with E-state index in [4.69, 9.17) is 17.3 Å². The highest BCUT2D eigenvalue weighted by molar-refractivity contribution is 9.10. The second-order valence-corrected chi connectivity index (χ2v) is 7.47. The van der Waals surface area contributed by atoms with Gasteiger partial charge in [-0.3, -0.25) is 0 Å². The highest BCUT2D eigenvalue weighted by Gasteiger charge is 2.20. The van der Waals surface area contributed by atoms with Gasteiger partial charge in [0.25, 0.3) is 0 Å². The Balaban J connectivity index is 2.41. The maximum atomic E-state index is 13.7. The van der Waals surface area contributed by atoms with Crippen molar-refractivity contribution in [1.82, 2.24) is 0 Å². The molecule has 20 heavy (non-hydrogen) atoms. The lowest BCUT2D eigenvalue weighted by molar-refractivity contribution is 0.587. The molecule has 2 aromatic rings. The lowest BCUT2D eigenvalue weighted by atomic mass is 10.2. The van der Waals surface area contributed by atoms with Gasteiger partial charge in [-0.2, -0.15) is 0 Å². The summed E-state index contributed by atoms with van der Waals surface area (Å²) in [4.78, 5) is -0.0596. The molecule has 3 nitrogen and oxygen atoms in total. The molecule has 0 spiro atoms. The molecule has 0 aromatic heterocycles. The van der Waals surface area contributed by atoms with Crippen LogP contribution >= 0.6 is 27.5 Å². The van der Waals surface area contributed by atoms with Crippen molar-refractivity contribution in [2.24, 2.45) is 0 Å². The van der Waals surface area contributed by atoms with Crippen LogP contribution in [0.5, 0.6) is 0 Å². The van der Waals surface area contributed by atoms with E-state index in [2.05, 4.69) is 15.9 Å². The first kappa shape index (κ1) is 15.3. The summed E-state index contributed by atoms with van der Waals surface area (Å²) in [5, 5.41) is 0.0301. The van der Waals surface area contributed by atoms with Crippen molar-refractivity contribution in [2.75, 3.05) is 5.73 Å². The smallest absolute Gasteiger partial charge is 0.184 e. The van der Waals surface area contributed by atoms with Gasteiger partial charge in [0.15, 0.2) is 9.84 Å². The van der Waals surface area contributed by atoms with Crippen LogP contribution in [0.15, 0.2) is 45.8 Å². The van der Waals surface area contributed by atoms with Crippen LogP contribution in [-0.2, 0) is 15.6 Å². The summed E-state index contributed by atoms with van der Waals surface area (Å²) in [6, 6.07) is 8.34. The fourth-order valence-corrected chi connectivity index (χ4v) is 4.00. The Morgan fingerprint density at radius 2 is 1.90 bits per heavy atom. The second kappa shape index (κ2) is 5.71. The highest BCUT2D eigenvalue weighted by atomic mass is 79.9. The molecule has 0 aliphatic heterocycles. The van der Waals surface area contributed by atoms with Gasteiger partial charge >= 0.3 is 0 Å². The Kier molecular flexibility index (Phi) is 4.36. The molecule has 2 rings (SSSR count). The number of nitrogens with two attached hydrogens (primary N) is 1. The Hall–Kier alpha value is -1.11. The first-order chi connectivity index (χ1) is 9.29. The number of rotatable bonds is 3. The lowest BCUT2D eigenvalue weighted by Gasteiger charge is -2.08. The molecule has 0 fully saturated rings. The van der Waals surface area contributed by atoms with E-state index < -0.39 is 21.4 Å². The maximum Gasteiger partial charge on any atom is 0.184 e. The van der Waals surface area contributed by atoms with E-state index in [1.807, 2.05) is 0 Å². The van der Waals surface area contributed by atoms with Crippen molar-refractivity contribution in [3.63, 3.8) is 0 Å². The molecule has 0 atom stereocenters. The van der Waals surface area contributed by atoms with Crippen molar-refractivity contribution in [1.29, 1.82) is 0 Å². The minimum Gasteiger partial charge on any atom is -0.399 e. The van der Waals surface area contributed by atoms with E-state index in [-0.39, 0.29) is 15.5 Å². The summed E-state index contributed by atoms with van der Waals surface area (Å²) in [6.07, 6.45) is 0. The molecule has 0 radical (unpaired) electrons. The molecule has 0 saturated heterocycles. The number of hydrogen-bond donors (Lipinski definition) is 1. The van der Waals surface area contributed by atoms with E-state index in [9.17, 15) is 12.8 Å². The van der Waals surface area contributed by atoms with Gasteiger partial charge in [-0.05, 0) is 30.3 Å². The first-order valence-electron chi connectivity index (χ1n) is 5.51. The van der Waals surface area contributed by atoms with Crippen molar-refractivity contribution < 1.29 is 12.8 Å². The zero-order valence-corrected chi connectivity index (χ0v) is 13.3. The Morgan fingerprint density at radius 1 is 1.20 bits per heavy atom. The SMILES string of the molecule is Nc1ccc(S(=O)(=O)Cc2ccc(Br)cc2F)c(Cl)c1. The zero-order chi connectivity index (χ0) is 14.9. The molecule has 0 bridgehead atoms. The minimum absolute atomic E-state index is 0.0301. The second-order valence-electron chi connectivity index (χ2n) is 4.18. The van der Waals surface area contributed by atoms with Crippen molar-refractivity contribution >= 4 is 43.1 Å². The maximum absolute atomic E-state index is 13.7. The van der Waals surface area contributed by atoms with Crippen LogP contribution in [0.1, 0.15) is 5.56 Å². The number of sulfone groups is 1. The van der Waals surface area contributed by atoms with Crippen LogP contribution in [0.4, 0.5) is 10.1 Å². The van der Waals surface area contributed by atoms with Gasteiger partial charge in [0.2, 0.25) is 0 Å². The van der Waals surface area contributed by atoms with Crippen molar-refractivity contribution in [3.8, 4) is 0 Å². The largest absolute Gasteiger partial charge is 0.399 e. The summed E-state index contributed by atoms with van der Waals surface area (Å²) >= 11 is 9.00. The Bertz CT molecular complexity index is 765. The molecule has 2 aromatic carbocycles. The van der Waals surface area contributed by atoms with Gasteiger partial charge in [-0.15, -0.1) is 0 Å². The fourth-order valence-electron chi connectivity index (χ4n) is 1.69. The average molecular weight is 379 g/mol. The Labute approximate surface area is 129 Å². The summed E-state index contributed by atoms with van der Waals surface area (Å²) in [7, 11) is -3.74. The number of halogens is 3. The molecule has 0 amide bonds. The molecular formula is C13H10BrClFNO2S. The quantitative estimate of drug-likeness (QED) is 0.827. The molecule has 7 heteroatoms. The molecular weight excluding hydrogens is 369 g/mol. The zero-order valence-electron chi connectivity index (χ0n) is 10.1. The predicted octanol–water partition coefficient (Wildman–Crippen LogP) is 3.80. The monoisotopic (exact) mass is 377 g/mol. The lowest BCUT2D eigenvalue weighted by Crippen LogP contribution is -2.07. The van der Waals surface area contributed by atoms with Gasteiger partial charge in [0.05, 0.1) is 15.7 Å². The van der Waals surface area contributed by atoms with Crippen LogP contribution in [0, 0.1) is 5.82 Å². The molecule has 0 heterocycles. The van der Waals surface area contributed by atoms with Crippen LogP contribution < -0.4 is 5.73 Å². The highest BCUT2D eigenvalue weighted by Crippen LogP contribution is 2.27. The third kappa shape index (κ3) is 3.31. The van der Waals surface area contributed by atoms with Crippen molar-refractivity contribution in [2.45, 2.75) is 10.6 Å². The van der Waals surface area contributed by atoms with E-state index >= 15 is 0 Å². The summed E-state index contributed by atoms with van der Waals surface area (Å²) < 4.78 is 38.8. The molecule has 106 valence electrons. The van der Waals surface area contributed by atoms with Gasteiger partial charge in [-0.25, -0.2) is 12.8 Å². The topological polar surface area (TPSA) is 60.2 Å². The van der Waals surface area contributed by atoms with Gasteiger partial charge in [0.1, 0.15) is 5.82 Å². The Morgan fingerprint density at radius 3 is 2.50 bits per heavy atom.